The van der Waals surface area contributed by atoms with Gasteiger partial charge in [-0.3, -0.25) is 9.69 Å². The fourth-order valence-electron chi connectivity index (χ4n) is 2.53. The molecule has 2 nitrogen and oxygen atoms in total. The first-order chi connectivity index (χ1) is 8.56. The van der Waals surface area contributed by atoms with Gasteiger partial charge in [0.2, 0.25) is 0 Å². The molecule has 1 unspecified atom stereocenters. The van der Waals surface area contributed by atoms with Crippen molar-refractivity contribution in [3.63, 3.8) is 0 Å². The second kappa shape index (κ2) is 6.05. The van der Waals surface area contributed by atoms with Gasteiger partial charge in [0, 0.05) is 29.1 Å². The van der Waals surface area contributed by atoms with Crippen LogP contribution < -0.4 is 0 Å². The summed E-state index contributed by atoms with van der Waals surface area (Å²) in [6.07, 6.45) is 2.90. The number of hydrogen-bond acceptors (Lipinski definition) is 2. The number of halogens is 2. The van der Waals surface area contributed by atoms with E-state index in [0.717, 1.165) is 31.5 Å². The molecule has 1 aromatic carbocycles. The molecular formula is C14H17Cl2NO. The molecule has 0 bridgehead atoms. The Morgan fingerprint density at radius 3 is 2.89 bits per heavy atom. The fourth-order valence-corrected chi connectivity index (χ4v) is 3.00. The third kappa shape index (κ3) is 3.47. The molecular weight excluding hydrogens is 269 g/mol. The van der Waals surface area contributed by atoms with Crippen LogP contribution in [0.3, 0.4) is 0 Å². The van der Waals surface area contributed by atoms with Crippen LogP contribution in [0.25, 0.3) is 0 Å². The first-order valence-electron chi connectivity index (χ1n) is 6.23. The maximum Gasteiger partial charge on any atom is 0.131 e. The number of carbonyl (C=O) groups is 1. The minimum Gasteiger partial charge on any atom is -0.300 e. The van der Waals surface area contributed by atoms with Gasteiger partial charge in [-0.05, 0) is 44.0 Å². The number of hydrogen-bond donors (Lipinski definition) is 0. The van der Waals surface area contributed by atoms with E-state index in [1.807, 2.05) is 12.1 Å². The van der Waals surface area contributed by atoms with Crippen LogP contribution in [0.15, 0.2) is 18.2 Å². The number of nitrogens with zero attached hydrogens (tertiary/aromatic N) is 1. The highest BCUT2D eigenvalue weighted by atomic mass is 35.5. The van der Waals surface area contributed by atoms with E-state index in [4.69, 9.17) is 23.2 Å². The summed E-state index contributed by atoms with van der Waals surface area (Å²) in [5, 5.41) is 1.36. The summed E-state index contributed by atoms with van der Waals surface area (Å²) >= 11 is 12.1. The van der Waals surface area contributed by atoms with E-state index in [-0.39, 0.29) is 5.78 Å². The molecule has 4 heteroatoms. The van der Waals surface area contributed by atoms with Crippen LogP contribution in [0, 0.1) is 0 Å². The molecule has 0 aliphatic carbocycles. The molecule has 0 amide bonds. The van der Waals surface area contributed by atoms with E-state index in [1.54, 1.807) is 13.0 Å². The Hall–Kier alpha value is -0.570. The normalized spacial score (nSPS) is 20.3. The van der Waals surface area contributed by atoms with Gasteiger partial charge in [-0.1, -0.05) is 29.3 Å². The zero-order chi connectivity index (χ0) is 13.1. The number of likely N-dealkylation sites (tertiary alicyclic amines) is 1. The molecule has 1 atom stereocenters. The summed E-state index contributed by atoms with van der Waals surface area (Å²) in [6, 6.07) is 5.97. The summed E-state index contributed by atoms with van der Waals surface area (Å²) in [4.78, 5) is 13.6. The van der Waals surface area contributed by atoms with Crippen LogP contribution in [-0.4, -0.2) is 23.3 Å². The molecule has 1 heterocycles. The minimum atomic E-state index is 0.258. The smallest absolute Gasteiger partial charge is 0.131 e. The quantitative estimate of drug-likeness (QED) is 0.835. The third-order valence-electron chi connectivity index (χ3n) is 3.41. The lowest BCUT2D eigenvalue weighted by molar-refractivity contribution is -0.118. The maximum absolute atomic E-state index is 11.2. The Morgan fingerprint density at radius 1 is 1.44 bits per heavy atom. The number of carbonyl (C=O) groups excluding carboxylic acids is 1. The fraction of sp³-hybridized carbons (Fsp3) is 0.500. The van der Waals surface area contributed by atoms with Gasteiger partial charge in [0.15, 0.2) is 0 Å². The molecule has 98 valence electrons. The van der Waals surface area contributed by atoms with Gasteiger partial charge >= 0.3 is 0 Å². The molecule has 1 aliphatic heterocycles. The molecule has 0 aromatic heterocycles. The highest BCUT2D eigenvalue weighted by Crippen LogP contribution is 2.27. The van der Waals surface area contributed by atoms with Crippen LogP contribution in [0.5, 0.6) is 0 Å². The lowest BCUT2D eigenvalue weighted by Crippen LogP contribution is -2.30. The van der Waals surface area contributed by atoms with Gasteiger partial charge in [0.05, 0.1) is 0 Å². The van der Waals surface area contributed by atoms with E-state index < -0.39 is 0 Å². The summed E-state index contributed by atoms with van der Waals surface area (Å²) in [5.41, 5.74) is 1.08. The van der Waals surface area contributed by atoms with Crippen molar-refractivity contribution in [3.8, 4) is 0 Å². The Bertz CT molecular complexity index is 447. The molecule has 1 fully saturated rings. The average molecular weight is 286 g/mol. The monoisotopic (exact) mass is 285 g/mol. The molecule has 18 heavy (non-hydrogen) atoms. The van der Waals surface area contributed by atoms with E-state index >= 15 is 0 Å². The highest BCUT2D eigenvalue weighted by molar-refractivity contribution is 6.35. The molecule has 0 radical (unpaired) electrons. The zero-order valence-corrected chi connectivity index (χ0v) is 12.0. The van der Waals surface area contributed by atoms with Gasteiger partial charge in [0.25, 0.3) is 0 Å². The Kier molecular flexibility index (Phi) is 4.66. The van der Waals surface area contributed by atoms with Gasteiger partial charge in [-0.25, -0.2) is 0 Å². The van der Waals surface area contributed by atoms with Gasteiger partial charge < -0.3 is 0 Å². The third-order valence-corrected chi connectivity index (χ3v) is 4.00. The van der Waals surface area contributed by atoms with Crippen molar-refractivity contribution in [2.75, 3.05) is 6.54 Å². The highest BCUT2D eigenvalue weighted by Gasteiger charge is 2.25. The number of ketones is 1. The lowest BCUT2D eigenvalue weighted by Gasteiger charge is -2.24. The molecule has 1 saturated heterocycles. The molecule has 2 rings (SSSR count). The topological polar surface area (TPSA) is 20.3 Å². The van der Waals surface area contributed by atoms with Crippen molar-refractivity contribution in [3.05, 3.63) is 33.8 Å². The van der Waals surface area contributed by atoms with Gasteiger partial charge in [-0.15, -0.1) is 0 Å². The molecule has 1 aromatic rings. The van der Waals surface area contributed by atoms with Crippen LogP contribution >= 0.6 is 23.2 Å². The van der Waals surface area contributed by atoms with Gasteiger partial charge in [0.1, 0.15) is 5.78 Å². The van der Waals surface area contributed by atoms with Crippen LogP contribution in [0.1, 0.15) is 31.7 Å². The van der Waals surface area contributed by atoms with Crippen LogP contribution in [0.4, 0.5) is 0 Å². The molecule has 0 N–H and O–H groups in total. The van der Waals surface area contributed by atoms with Crippen LogP contribution in [-0.2, 0) is 11.3 Å². The van der Waals surface area contributed by atoms with Crippen molar-refractivity contribution < 1.29 is 4.79 Å². The SMILES string of the molecule is CC(=O)CC1CCCN1Cc1ccc(Cl)cc1Cl. The summed E-state index contributed by atoms with van der Waals surface area (Å²) in [5.74, 6) is 0.258. The zero-order valence-electron chi connectivity index (χ0n) is 10.5. The maximum atomic E-state index is 11.2. The molecule has 0 saturated carbocycles. The first kappa shape index (κ1) is 13.9. The van der Waals surface area contributed by atoms with Crippen molar-refractivity contribution >= 4 is 29.0 Å². The van der Waals surface area contributed by atoms with Crippen molar-refractivity contribution in [1.82, 2.24) is 4.90 Å². The Labute approximate surface area is 118 Å². The minimum absolute atomic E-state index is 0.258. The van der Waals surface area contributed by atoms with Crippen molar-refractivity contribution in [2.45, 2.75) is 38.8 Å². The largest absolute Gasteiger partial charge is 0.300 e. The van der Waals surface area contributed by atoms with Crippen molar-refractivity contribution in [2.24, 2.45) is 0 Å². The first-order valence-corrected chi connectivity index (χ1v) is 6.99. The van der Waals surface area contributed by atoms with E-state index in [0.29, 0.717) is 22.5 Å². The predicted octanol–water partition coefficient (Wildman–Crippen LogP) is 3.94. The standard InChI is InChI=1S/C14H17Cl2NO/c1-10(18)7-13-3-2-6-17(13)9-11-4-5-12(15)8-14(11)16/h4-5,8,13H,2-3,6-7,9H2,1H3. The molecule has 1 aliphatic rings. The Morgan fingerprint density at radius 2 is 2.22 bits per heavy atom. The number of rotatable bonds is 4. The van der Waals surface area contributed by atoms with E-state index in [2.05, 4.69) is 4.90 Å². The molecule has 0 spiro atoms. The van der Waals surface area contributed by atoms with Crippen LogP contribution in [0.2, 0.25) is 10.0 Å². The number of benzene rings is 1. The van der Waals surface area contributed by atoms with Crippen molar-refractivity contribution in [1.29, 1.82) is 0 Å². The van der Waals surface area contributed by atoms with Gasteiger partial charge in [-0.2, -0.15) is 0 Å². The second-order valence-corrected chi connectivity index (χ2v) is 5.75. The average Bonchev–Trinajstić information content (AvgIpc) is 2.69. The summed E-state index contributed by atoms with van der Waals surface area (Å²) in [6.45, 7) is 3.50. The Balaban J connectivity index is 2.05. The summed E-state index contributed by atoms with van der Waals surface area (Å²) < 4.78 is 0. The van der Waals surface area contributed by atoms with E-state index in [1.165, 1.54) is 0 Å². The second-order valence-electron chi connectivity index (χ2n) is 4.91. The number of Topliss-reactive ketones (excluding diaryl/α,β-unsaturated/α-hetero) is 1. The predicted molar refractivity (Wildman–Crippen MR) is 75.2 cm³/mol. The lowest BCUT2D eigenvalue weighted by atomic mass is 10.1. The summed E-state index contributed by atoms with van der Waals surface area (Å²) in [7, 11) is 0. The van der Waals surface area contributed by atoms with E-state index in [9.17, 15) is 4.79 Å².